The average molecular weight is 196 g/mol. The molecule has 0 unspecified atom stereocenters. The zero-order chi connectivity index (χ0) is 9.61. The SMILES string of the molecule is COC(=O)C(C)(C)CSOOO. The van der Waals surface area contributed by atoms with Crippen LogP contribution in [0.2, 0.25) is 0 Å². The molecule has 0 aliphatic carbocycles. The molecule has 0 aromatic rings. The van der Waals surface area contributed by atoms with Crippen molar-refractivity contribution in [3.63, 3.8) is 0 Å². The molecule has 5 nitrogen and oxygen atoms in total. The predicted molar refractivity (Wildman–Crippen MR) is 43.1 cm³/mol. The van der Waals surface area contributed by atoms with Gasteiger partial charge in [-0.2, -0.15) is 0 Å². The van der Waals surface area contributed by atoms with Gasteiger partial charge < -0.3 is 4.74 Å². The van der Waals surface area contributed by atoms with E-state index in [9.17, 15) is 4.79 Å². The van der Waals surface area contributed by atoms with E-state index in [0.717, 1.165) is 12.0 Å². The van der Waals surface area contributed by atoms with Gasteiger partial charge in [-0.1, -0.05) is 5.04 Å². The third-order valence-electron chi connectivity index (χ3n) is 1.24. The minimum absolute atomic E-state index is 0.334. The van der Waals surface area contributed by atoms with Crippen molar-refractivity contribution in [2.24, 2.45) is 5.41 Å². The molecule has 0 radical (unpaired) electrons. The Kier molecular flexibility index (Phi) is 5.23. The van der Waals surface area contributed by atoms with E-state index in [1.165, 1.54) is 7.11 Å². The number of carbonyl (C=O) groups excluding carboxylic acids is 1. The Morgan fingerprint density at radius 2 is 2.17 bits per heavy atom. The summed E-state index contributed by atoms with van der Waals surface area (Å²) >= 11 is 0.831. The van der Waals surface area contributed by atoms with Gasteiger partial charge in [-0.3, -0.25) is 4.79 Å². The Hall–Kier alpha value is -0.300. The van der Waals surface area contributed by atoms with Crippen LogP contribution in [-0.4, -0.2) is 24.1 Å². The maximum Gasteiger partial charge on any atom is 0.312 e. The summed E-state index contributed by atoms with van der Waals surface area (Å²) < 4.78 is 8.66. The van der Waals surface area contributed by atoms with Crippen LogP contribution in [0, 0.1) is 5.41 Å². The Labute approximate surface area is 75.1 Å². The normalized spacial score (nSPS) is 11.3. The summed E-state index contributed by atoms with van der Waals surface area (Å²) in [5.74, 6) is -0.00297. The first-order valence-electron chi connectivity index (χ1n) is 3.22. The van der Waals surface area contributed by atoms with Crippen molar-refractivity contribution in [2.75, 3.05) is 12.9 Å². The lowest BCUT2D eigenvalue weighted by atomic mass is 9.97. The van der Waals surface area contributed by atoms with E-state index >= 15 is 0 Å². The molecule has 0 spiro atoms. The van der Waals surface area contributed by atoms with Crippen LogP contribution in [0.1, 0.15) is 13.8 Å². The van der Waals surface area contributed by atoms with E-state index in [-0.39, 0.29) is 5.97 Å². The standard InChI is InChI=1S/C6H12O5S/c1-6(2,5(7)9-3)4-12-11-10-8/h8H,4H2,1-3H3. The van der Waals surface area contributed by atoms with Gasteiger partial charge in [0, 0.05) is 17.8 Å². The molecular formula is C6H12O5S. The van der Waals surface area contributed by atoms with Gasteiger partial charge in [-0.05, 0) is 13.8 Å². The Morgan fingerprint density at radius 3 is 2.58 bits per heavy atom. The van der Waals surface area contributed by atoms with Crippen molar-refractivity contribution in [1.82, 2.24) is 0 Å². The third kappa shape index (κ3) is 3.91. The maximum atomic E-state index is 11.0. The molecule has 0 aliphatic rings. The summed E-state index contributed by atoms with van der Waals surface area (Å²) in [5, 5.41) is 11.2. The number of hydrogen-bond acceptors (Lipinski definition) is 6. The van der Waals surface area contributed by atoms with Crippen LogP contribution in [0.4, 0.5) is 0 Å². The first kappa shape index (κ1) is 11.7. The van der Waals surface area contributed by atoms with E-state index < -0.39 is 5.41 Å². The summed E-state index contributed by atoms with van der Waals surface area (Å²) in [5.41, 5.74) is -0.655. The highest BCUT2D eigenvalue weighted by molar-refractivity contribution is 7.94. The van der Waals surface area contributed by atoms with Gasteiger partial charge in [0.2, 0.25) is 0 Å². The molecule has 0 saturated carbocycles. The van der Waals surface area contributed by atoms with E-state index in [1.807, 2.05) is 0 Å². The van der Waals surface area contributed by atoms with Crippen LogP contribution in [0.25, 0.3) is 0 Å². The second-order valence-electron chi connectivity index (χ2n) is 2.78. The van der Waals surface area contributed by atoms with Crippen molar-refractivity contribution >= 4 is 18.0 Å². The molecule has 0 amide bonds. The number of esters is 1. The number of ether oxygens (including phenoxy) is 1. The van der Waals surface area contributed by atoms with E-state index in [4.69, 9.17) is 5.26 Å². The molecule has 12 heavy (non-hydrogen) atoms. The lowest BCUT2D eigenvalue weighted by Crippen LogP contribution is -2.28. The molecule has 0 aromatic carbocycles. The number of rotatable bonds is 5. The van der Waals surface area contributed by atoms with E-state index in [0.29, 0.717) is 5.75 Å². The first-order chi connectivity index (χ1) is 5.54. The molecule has 0 aliphatic heterocycles. The highest BCUT2D eigenvalue weighted by Gasteiger charge is 2.29. The number of methoxy groups -OCH3 is 1. The predicted octanol–water partition coefficient (Wildman–Crippen LogP) is 1.25. The summed E-state index contributed by atoms with van der Waals surface area (Å²) in [6.45, 7) is 3.40. The van der Waals surface area contributed by atoms with Gasteiger partial charge in [0.05, 0.1) is 12.5 Å². The Morgan fingerprint density at radius 1 is 1.58 bits per heavy atom. The van der Waals surface area contributed by atoms with Crippen molar-refractivity contribution in [3.05, 3.63) is 0 Å². The third-order valence-corrected chi connectivity index (χ3v) is 2.23. The van der Waals surface area contributed by atoms with E-state index in [1.54, 1.807) is 13.8 Å². The highest BCUT2D eigenvalue weighted by Crippen LogP contribution is 2.23. The number of hydrogen-bond donors (Lipinski definition) is 1. The lowest BCUT2D eigenvalue weighted by Gasteiger charge is -2.18. The number of carbonyl (C=O) groups is 1. The molecule has 0 saturated heterocycles. The van der Waals surface area contributed by atoms with Crippen LogP contribution < -0.4 is 0 Å². The molecule has 0 rings (SSSR count). The monoisotopic (exact) mass is 196 g/mol. The summed E-state index contributed by atoms with van der Waals surface area (Å²) in [6.07, 6.45) is 0. The zero-order valence-corrected chi connectivity index (χ0v) is 8.01. The van der Waals surface area contributed by atoms with Gasteiger partial charge in [0.25, 0.3) is 0 Å². The molecule has 0 aromatic heterocycles. The molecule has 72 valence electrons. The van der Waals surface area contributed by atoms with Crippen LogP contribution in [0.5, 0.6) is 0 Å². The molecule has 0 heterocycles. The maximum absolute atomic E-state index is 11.0. The highest BCUT2D eigenvalue weighted by atomic mass is 32.2. The fraction of sp³-hybridized carbons (Fsp3) is 0.833. The van der Waals surface area contributed by atoms with Crippen LogP contribution in [0.15, 0.2) is 0 Å². The van der Waals surface area contributed by atoms with Crippen molar-refractivity contribution < 1.29 is 24.2 Å². The fourth-order valence-electron chi connectivity index (χ4n) is 0.528. The van der Waals surface area contributed by atoms with Gasteiger partial charge in [0.1, 0.15) is 0 Å². The summed E-state index contributed by atoms with van der Waals surface area (Å²) in [4.78, 5) is 11.0. The molecule has 0 atom stereocenters. The minimum atomic E-state index is -0.655. The Balaban J connectivity index is 3.78. The average Bonchev–Trinajstić information content (AvgIpc) is 2.03. The quantitative estimate of drug-likeness (QED) is 0.235. The Bertz CT molecular complexity index is 147. The molecule has 0 bridgehead atoms. The van der Waals surface area contributed by atoms with Crippen LogP contribution in [-0.2, 0) is 18.9 Å². The van der Waals surface area contributed by atoms with Crippen molar-refractivity contribution in [3.8, 4) is 0 Å². The van der Waals surface area contributed by atoms with E-state index in [2.05, 4.69) is 14.1 Å². The smallest absolute Gasteiger partial charge is 0.312 e. The summed E-state index contributed by atoms with van der Waals surface area (Å²) in [6, 6.07) is 0. The van der Waals surface area contributed by atoms with Crippen LogP contribution >= 0.6 is 12.0 Å². The zero-order valence-electron chi connectivity index (χ0n) is 7.20. The first-order valence-corrected chi connectivity index (χ1v) is 4.14. The van der Waals surface area contributed by atoms with Gasteiger partial charge in [-0.25, -0.2) is 5.26 Å². The second-order valence-corrected chi connectivity index (χ2v) is 3.44. The molecule has 6 heteroatoms. The minimum Gasteiger partial charge on any atom is -0.469 e. The fourth-order valence-corrected chi connectivity index (χ4v) is 1.03. The molecular weight excluding hydrogens is 184 g/mol. The molecule has 0 fully saturated rings. The van der Waals surface area contributed by atoms with Crippen LogP contribution in [0.3, 0.4) is 0 Å². The van der Waals surface area contributed by atoms with Gasteiger partial charge in [0.15, 0.2) is 0 Å². The van der Waals surface area contributed by atoms with Crippen molar-refractivity contribution in [1.29, 1.82) is 0 Å². The van der Waals surface area contributed by atoms with Gasteiger partial charge in [-0.15, -0.1) is 4.33 Å². The molecule has 1 N–H and O–H groups in total. The van der Waals surface area contributed by atoms with Gasteiger partial charge >= 0.3 is 5.97 Å². The second kappa shape index (κ2) is 5.36. The largest absolute Gasteiger partial charge is 0.469 e. The summed E-state index contributed by atoms with van der Waals surface area (Å²) in [7, 11) is 1.32. The topological polar surface area (TPSA) is 65.0 Å². The lowest BCUT2D eigenvalue weighted by molar-refractivity contribution is -0.432. The van der Waals surface area contributed by atoms with Crippen molar-refractivity contribution in [2.45, 2.75) is 13.8 Å².